The number of hydrogen-bond donors (Lipinski definition) is 2. The highest BCUT2D eigenvalue weighted by Crippen LogP contribution is 2.17. The molecule has 1 saturated heterocycles. The number of hydrogen-bond acceptors (Lipinski definition) is 5. The van der Waals surface area contributed by atoms with E-state index in [9.17, 15) is 13.2 Å². The normalized spacial score (nSPS) is 14.5. The van der Waals surface area contributed by atoms with E-state index < -0.39 is 10.0 Å². The third-order valence-electron chi connectivity index (χ3n) is 5.38. The minimum Gasteiger partial charge on any atom is -0.379 e. The average Bonchev–Trinajstić information content (AvgIpc) is 2.84. The lowest BCUT2D eigenvalue weighted by Gasteiger charge is -2.26. The van der Waals surface area contributed by atoms with Gasteiger partial charge in [-0.15, -0.1) is 0 Å². The number of rotatable bonds is 8. The summed E-state index contributed by atoms with van der Waals surface area (Å²) in [5, 5.41) is 2.92. The zero-order chi connectivity index (χ0) is 23.1. The lowest BCUT2D eigenvalue weighted by molar-refractivity contribution is 0.0342. The molecule has 0 saturated carbocycles. The third kappa shape index (κ3) is 6.41. The molecule has 7 nitrogen and oxygen atoms in total. The molecular weight excluding hydrogens is 438 g/mol. The Bertz CT molecular complexity index is 1190. The molecule has 1 aliphatic heterocycles. The molecule has 2 N–H and O–H groups in total. The number of nitrogens with one attached hydrogen (secondary N) is 2. The molecule has 172 valence electrons. The largest absolute Gasteiger partial charge is 0.379 e. The van der Waals surface area contributed by atoms with Crippen LogP contribution in [0.25, 0.3) is 0 Å². The molecule has 4 rings (SSSR count). The van der Waals surface area contributed by atoms with Gasteiger partial charge in [0.2, 0.25) is 0 Å². The molecule has 0 atom stereocenters. The fraction of sp³-hybridized carbons (Fsp3) is 0.240. The van der Waals surface area contributed by atoms with Gasteiger partial charge in [-0.1, -0.05) is 48.5 Å². The highest BCUT2D eigenvalue weighted by molar-refractivity contribution is 7.92. The van der Waals surface area contributed by atoms with Crippen LogP contribution >= 0.6 is 0 Å². The lowest BCUT2D eigenvalue weighted by Crippen LogP contribution is -2.35. The second-order valence-electron chi connectivity index (χ2n) is 7.89. The van der Waals surface area contributed by atoms with Crippen LogP contribution in [0.4, 0.5) is 5.69 Å². The van der Waals surface area contributed by atoms with Crippen molar-refractivity contribution in [3.05, 3.63) is 95.6 Å². The topological polar surface area (TPSA) is 87.7 Å². The average molecular weight is 466 g/mol. The molecule has 1 fully saturated rings. The Balaban J connectivity index is 1.37. The number of nitrogens with zero attached hydrogens (tertiary/aromatic N) is 1. The van der Waals surface area contributed by atoms with Gasteiger partial charge in [-0.2, -0.15) is 0 Å². The predicted molar refractivity (Wildman–Crippen MR) is 127 cm³/mol. The second kappa shape index (κ2) is 10.6. The van der Waals surface area contributed by atoms with Crippen molar-refractivity contribution in [1.82, 2.24) is 10.2 Å². The molecule has 33 heavy (non-hydrogen) atoms. The van der Waals surface area contributed by atoms with Crippen LogP contribution in [-0.4, -0.2) is 45.5 Å². The smallest absolute Gasteiger partial charge is 0.261 e. The van der Waals surface area contributed by atoms with Crippen LogP contribution in [-0.2, 0) is 27.8 Å². The van der Waals surface area contributed by atoms with Crippen molar-refractivity contribution in [2.75, 3.05) is 31.0 Å². The molecule has 8 heteroatoms. The Hall–Kier alpha value is -3.20. The number of carbonyl (C=O) groups is 1. The summed E-state index contributed by atoms with van der Waals surface area (Å²) in [7, 11) is -3.72. The summed E-state index contributed by atoms with van der Waals surface area (Å²) in [4.78, 5) is 15.2. The molecule has 0 unspecified atom stereocenters. The Morgan fingerprint density at radius 3 is 2.39 bits per heavy atom. The molecule has 0 bridgehead atoms. The summed E-state index contributed by atoms with van der Waals surface area (Å²) in [6.07, 6.45) is 0. The molecule has 1 heterocycles. The summed E-state index contributed by atoms with van der Waals surface area (Å²) < 4.78 is 33.0. The first-order valence-electron chi connectivity index (χ1n) is 10.8. The molecule has 0 aliphatic carbocycles. The number of morpholine rings is 1. The molecule has 0 aromatic heterocycles. The van der Waals surface area contributed by atoms with Crippen molar-refractivity contribution >= 4 is 21.6 Å². The maximum atomic E-state index is 12.7. The van der Waals surface area contributed by atoms with Gasteiger partial charge in [0.05, 0.1) is 18.1 Å². The fourth-order valence-corrected chi connectivity index (χ4v) is 4.75. The summed E-state index contributed by atoms with van der Waals surface area (Å²) in [5.41, 5.74) is 2.92. The molecule has 3 aromatic rings. The van der Waals surface area contributed by atoms with Gasteiger partial charge in [0, 0.05) is 37.4 Å². The zero-order valence-corrected chi connectivity index (χ0v) is 19.1. The second-order valence-corrected chi connectivity index (χ2v) is 9.57. The van der Waals surface area contributed by atoms with Gasteiger partial charge >= 0.3 is 0 Å². The quantitative estimate of drug-likeness (QED) is 0.533. The van der Waals surface area contributed by atoms with E-state index in [0.29, 0.717) is 17.8 Å². The van der Waals surface area contributed by atoms with Gasteiger partial charge in [0.1, 0.15) is 0 Å². The van der Waals surface area contributed by atoms with Crippen molar-refractivity contribution in [3.63, 3.8) is 0 Å². The number of benzene rings is 3. The molecular formula is C25H27N3O4S. The van der Waals surface area contributed by atoms with Crippen LogP contribution in [0.5, 0.6) is 0 Å². The van der Waals surface area contributed by atoms with E-state index in [2.05, 4.69) is 27.1 Å². The number of ether oxygens (including phenoxy) is 1. The molecule has 0 radical (unpaired) electrons. The van der Waals surface area contributed by atoms with Crippen LogP contribution < -0.4 is 10.0 Å². The third-order valence-corrected chi connectivity index (χ3v) is 6.78. The van der Waals surface area contributed by atoms with E-state index in [4.69, 9.17) is 4.74 Å². The Morgan fingerprint density at radius 1 is 0.879 bits per heavy atom. The zero-order valence-electron chi connectivity index (χ0n) is 18.2. The van der Waals surface area contributed by atoms with Gasteiger partial charge in [-0.05, 0) is 41.5 Å². The Labute approximate surface area is 194 Å². The van der Waals surface area contributed by atoms with E-state index in [-0.39, 0.29) is 10.8 Å². The monoisotopic (exact) mass is 465 g/mol. The summed E-state index contributed by atoms with van der Waals surface area (Å²) in [6.45, 7) is 4.60. The first kappa shape index (κ1) is 23.0. The van der Waals surface area contributed by atoms with Crippen molar-refractivity contribution < 1.29 is 17.9 Å². The SMILES string of the molecule is O=C(NCc1cccc(CN2CCOCC2)c1)c1cccc(NS(=O)(=O)c2ccccc2)c1. The van der Waals surface area contributed by atoms with Crippen LogP contribution in [0.1, 0.15) is 21.5 Å². The molecule has 1 amide bonds. The molecule has 0 spiro atoms. The first-order chi connectivity index (χ1) is 16.0. The van der Waals surface area contributed by atoms with Gasteiger partial charge in [-0.3, -0.25) is 14.4 Å². The van der Waals surface area contributed by atoms with Crippen molar-refractivity contribution in [2.24, 2.45) is 0 Å². The van der Waals surface area contributed by atoms with E-state index in [1.54, 1.807) is 36.4 Å². The van der Waals surface area contributed by atoms with Crippen molar-refractivity contribution in [3.8, 4) is 0 Å². The lowest BCUT2D eigenvalue weighted by atomic mass is 10.1. The number of amides is 1. The van der Waals surface area contributed by atoms with Crippen LogP contribution in [0.15, 0.2) is 83.8 Å². The van der Waals surface area contributed by atoms with E-state index in [1.165, 1.54) is 23.8 Å². The van der Waals surface area contributed by atoms with Gasteiger partial charge in [0.25, 0.3) is 15.9 Å². The highest BCUT2D eigenvalue weighted by atomic mass is 32.2. The minimum absolute atomic E-state index is 0.164. The number of carbonyl (C=O) groups excluding carboxylic acids is 1. The minimum atomic E-state index is -3.72. The number of anilines is 1. The van der Waals surface area contributed by atoms with Crippen LogP contribution in [0, 0.1) is 0 Å². The standard InChI is InChI=1S/C25H27N3O4S/c29-25(26-18-20-6-4-7-21(16-20)19-28-12-14-32-15-13-28)22-8-5-9-23(17-22)27-33(30,31)24-10-2-1-3-11-24/h1-11,16-17,27H,12-15,18-19H2,(H,26,29). The van der Waals surface area contributed by atoms with E-state index in [0.717, 1.165) is 38.4 Å². The maximum absolute atomic E-state index is 12.7. The molecule has 1 aliphatic rings. The Morgan fingerprint density at radius 2 is 1.61 bits per heavy atom. The highest BCUT2D eigenvalue weighted by Gasteiger charge is 2.15. The summed E-state index contributed by atoms with van der Waals surface area (Å²) in [5.74, 6) is -0.269. The van der Waals surface area contributed by atoms with Gasteiger partial charge < -0.3 is 10.1 Å². The summed E-state index contributed by atoms with van der Waals surface area (Å²) in [6, 6.07) is 22.7. The fourth-order valence-electron chi connectivity index (χ4n) is 3.68. The molecule has 3 aromatic carbocycles. The van der Waals surface area contributed by atoms with E-state index in [1.807, 2.05) is 12.1 Å². The summed E-state index contributed by atoms with van der Waals surface area (Å²) >= 11 is 0. The maximum Gasteiger partial charge on any atom is 0.261 e. The van der Waals surface area contributed by atoms with Crippen molar-refractivity contribution in [1.29, 1.82) is 0 Å². The van der Waals surface area contributed by atoms with Gasteiger partial charge in [0.15, 0.2) is 0 Å². The Kier molecular flexibility index (Phi) is 7.39. The van der Waals surface area contributed by atoms with Crippen molar-refractivity contribution in [2.45, 2.75) is 18.0 Å². The predicted octanol–water partition coefficient (Wildman–Crippen LogP) is 3.25. The van der Waals surface area contributed by atoms with Crippen LogP contribution in [0.2, 0.25) is 0 Å². The van der Waals surface area contributed by atoms with E-state index >= 15 is 0 Å². The first-order valence-corrected chi connectivity index (χ1v) is 12.3. The van der Waals surface area contributed by atoms with Gasteiger partial charge in [-0.25, -0.2) is 8.42 Å². The number of sulfonamides is 1. The van der Waals surface area contributed by atoms with Crippen LogP contribution in [0.3, 0.4) is 0 Å².